The third kappa shape index (κ3) is 3.62. The number of rotatable bonds is 5. The molecule has 4 rings (SSSR count). The van der Waals surface area contributed by atoms with Gasteiger partial charge in [-0.25, -0.2) is 9.78 Å². The van der Waals surface area contributed by atoms with Crippen molar-refractivity contribution in [3.05, 3.63) is 65.5 Å². The molecule has 2 heterocycles. The first kappa shape index (κ1) is 19.2. The Balaban J connectivity index is 1.61. The molecule has 0 saturated carbocycles. The van der Waals surface area contributed by atoms with Gasteiger partial charge < -0.3 is 14.6 Å². The molecule has 6 heteroatoms. The standard InChI is InChI=1S/C23H25N3O3/c1-15(2)26-19-7-4-3-6-18(19)24-22(26)20-8-5-13-25(20)21(27)14-16-9-11-17(12-10-16)23(28)29/h3-4,6-7,9-12,15,20H,5,8,13-14H2,1-2H3,(H,28,29). The van der Waals surface area contributed by atoms with Gasteiger partial charge in [0.15, 0.2) is 0 Å². The highest BCUT2D eigenvalue weighted by Gasteiger charge is 2.34. The van der Waals surface area contributed by atoms with Crippen LogP contribution in [0.15, 0.2) is 48.5 Å². The number of carbonyl (C=O) groups excluding carboxylic acids is 1. The summed E-state index contributed by atoms with van der Waals surface area (Å²) in [5, 5.41) is 9.04. The van der Waals surface area contributed by atoms with Gasteiger partial charge in [0, 0.05) is 12.6 Å². The van der Waals surface area contributed by atoms with Gasteiger partial charge in [-0.15, -0.1) is 0 Å². The number of fused-ring (bicyclic) bond motifs is 1. The summed E-state index contributed by atoms with van der Waals surface area (Å²) in [7, 11) is 0. The molecule has 0 bridgehead atoms. The molecule has 1 unspecified atom stereocenters. The Kier molecular flexibility index (Phi) is 5.09. The highest BCUT2D eigenvalue weighted by Crippen LogP contribution is 2.35. The number of benzene rings is 2. The smallest absolute Gasteiger partial charge is 0.335 e. The molecule has 1 aliphatic heterocycles. The van der Waals surface area contributed by atoms with Crippen LogP contribution in [0.2, 0.25) is 0 Å². The van der Waals surface area contributed by atoms with E-state index in [4.69, 9.17) is 10.1 Å². The second-order valence-electron chi connectivity index (χ2n) is 7.85. The van der Waals surface area contributed by atoms with Crippen molar-refractivity contribution in [3.8, 4) is 0 Å². The molecule has 6 nitrogen and oxygen atoms in total. The zero-order valence-corrected chi connectivity index (χ0v) is 16.7. The van der Waals surface area contributed by atoms with Gasteiger partial charge >= 0.3 is 5.97 Å². The van der Waals surface area contributed by atoms with Crippen molar-refractivity contribution >= 4 is 22.9 Å². The average Bonchev–Trinajstić information content (AvgIpc) is 3.32. The molecule has 0 spiro atoms. The maximum Gasteiger partial charge on any atom is 0.335 e. The fourth-order valence-electron chi connectivity index (χ4n) is 4.22. The molecule has 1 aromatic heterocycles. The molecule has 1 aliphatic rings. The van der Waals surface area contributed by atoms with Gasteiger partial charge in [0.05, 0.1) is 29.1 Å². The molecular weight excluding hydrogens is 366 g/mol. The fourth-order valence-corrected chi connectivity index (χ4v) is 4.22. The lowest BCUT2D eigenvalue weighted by Gasteiger charge is -2.26. The summed E-state index contributed by atoms with van der Waals surface area (Å²) in [5.74, 6) is 0.0429. The predicted octanol–water partition coefficient (Wildman–Crippen LogP) is 4.22. The highest BCUT2D eigenvalue weighted by molar-refractivity contribution is 5.88. The lowest BCUT2D eigenvalue weighted by Crippen LogP contribution is -2.33. The molecule has 1 fully saturated rings. The van der Waals surface area contributed by atoms with Crippen LogP contribution in [0.4, 0.5) is 0 Å². The number of nitrogens with zero attached hydrogens (tertiary/aromatic N) is 3. The molecule has 1 saturated heterocycles. The molecule has 150 valence electrons. The number of hydrogen-bond acceptors (Lipinski definition) is 3. The minimum absolute atomic E-state index is 0.0319. The van der Waals surface area contributed by atoms with Crippen molar-refractivity contribution in [1.29, 1.82) is 0 Å². The van der Waals surface area contributed by atoms with E-state index in [1.807, 2.05) is 23.1 Å². The van der Waals surface area contributed by atoms with Crippen LogP contribution < -0.4 is 0 Å². The molecule has 29 heavy (non-hydrogen) atoms. The van der Waals surface area contributed by atoms with Crippen molar-refractivity contribution in [2.45, 2.75) is 45.2 Å². The summed E-state index contributed by atoms with van der Waals surface area (Å²) >= 11 is 0. The molecule has 0 aliphatic carbocycles. The SMILES string of the molecule is CC(C)n1c(C2CCCN2C(=O)Cc2ccc(C(=O)O)cc2)nc2ccccc21. The van der Waals surface area contributed by atoms with Gasteiger partial charge in [0.1, 0.15) is 5.82 Å². The number of carbonyl (C=O) groups is 2. The van der Waals surface area contributed by atoms with Crippen LogP contribution in [0.5, 0.6) is 0 Å². The quantitative estimate of drug-likeness (QED) is 0.706. The van der Waals surface area contributed by atoms with Crippen molar-refractivity contribution < 1.29 is 14.7 Å². The maximum atomic E-state index is 13.1. The van der Waals surface area contributed by atoms with E-state index in [2.05, 4.69) is 24.5 Å². The molecule has 1 amide bonds. The zero-order valence-electron chi connectivity index (χ0n) is 16.7. The number of para-hydroxylation sites is 2. The number of hydrogen-bond donors (Lipinski definition) is 1. The van der Waals surface area contributed by atoms with E-state index in [0.717, 1.165) is 41.8 Å². The molecule has 1 N–H and O–H groups in total. The molecule has 3 aromatic rings. The number of carboxylic acid groups (broad SMARTS) is 1. The number of aromatic nitrogens is 2. The molecule has 2 aromatic carbocycles. The van der Waals surface area contributed by atoms with Gasteiger partial charge in [-0.1, -0.05) is 24.3 Å². The van der Waals surface area contributed by atoms with Crippen LogP contribution >= 0.6 is 0 Å². The van der Waals surface area contributed by atoms with Crippen molar-refractivity contribution in [3.63, 3.8) is 0 Å². The van der Waals surface area contributed by atoms with Crippen LogP contribution in [-0.2, 0) is 11.2 Å². The van der Waals surface area contributed by atoms with E-state index in [0.29, 0.717) is 0 Å². The second-order valence-corrected chi connectivity index (χ2v) is 7.85. The van der Waals surface area contributed by atoms with Crippen molar-refractivity contribution in [2.24, 2.45) is 0 Å². The van der Waals surface area contributed by atoms with E-state index in [1.54, 1.807) is 24.3 Å². The van der Waals surface area contributed by atoms with Crippen molar-refractivity contribution in [1.82, 2.24) is 14.5 Å². The van der Waals surface area contributed by atoms with Crippen LogP contribution in [0.1, 0.15) is 60.5 Å². The van der Waals surface area contributed by atoms with Gasteiger partial charge in [-0.2, -0.15) is 0 Å². The Bertz CT molecular complexity index is 1050. The number of carboxylic acids is 1. The summed E-state index contributed by atoms with van der Waals surface area (Å²) in [6, 6.07) is 14.8. The van der Waals surface area contributed by atoms with E-state index in [1.165, 1.54) is 0 Å². The van der Waals surface area contributed by atoms with E-state index < -0.39 is 5.97 Å². The van der Waals surface area contributed by atoms with Crippen LogP contribution in [-0.4, -0.2) is 38.0 Å². The van der Waals surface area contributed by atoms with Gasteiger partial charge in [0.2, 0.25) is 5.91 Å². The van der Waals surface area contributed by atoms with Gasteiger partial charge in [-0.05, 0) is 56.5 Å². The first-order valence-corrected chi connectivity index (χ1v) is 10.0. The Morgan fingerprint density at radius 1 is 1.14 bits per heavy atom. The average molecular weight is 391 g/mol. The second kappa shape index (κ2) is 7.70. The predicted molar refractivity (Wildman–Crippen MR) is 111 cm³/mol. The molecular formula is C23H25N3O3. The third-order valence-electron chi connectivity index (χ3n) is 5.57. The Morgan fingerprint density at radius 3 is 2.55 bits per heavy atom. The molecule has 0 radical (unpaired) electrons. The maximum absolute atomic E-state index is 13.1. The first-order chi connectivity index (χ1) is 14.0. The third-order valence-corrected chi connectivity index (χ3v) is 5.57. The summed E-state index contributed by atoms with van der Waals surface area (Å²) < 4.78 is 2.24. The highest BCUT2D eigenvalue weighted by atomic mass is 16.4. The zero-order chi connectivity index (χ0) is 20.5. The number of likely N-dealkylation sites (tertiary alicyclic amines) is 1. The topological polar surface area (TPSA) is 75.4 Å². The molecule has 1 atom stereocenters. The van der Waals surface area contributed by atoms with E-state index in [-0.39, 0.29) is 30.0 Å². The minimum atomic E-state index is -0.963. The first-order valence-electron chi connectivity index (χ1n) is 10.0. The van der Waals surface area contributed by atoms with Crippen LogP contribution in [0.3, 0.4) is 0 Å². The monoisotopic (exact) mass is 391 g/mol. The van der Waals surface area contributed by atoms with E-state index >= 15 is 0 Å². The number of imidazole rings is 1. The van der Waals surface area contributed by atoms with Crippen molar-refractivity contribution in [2.75, 3.05) is 6.54 Å². The number of amides is 1. The van der Waals surface area contributed by atoms with Crippen LogP contribution in [0, 0.1) is 0 Å². The van der Waals surface area contributed by atoms with Gasteiger partial charge in [0.25, 0.3) is 0 Å². The fraction of sp³-hybridized carbons (Fsp3) is 0.348. The Labute approximate surface area is 169 Å². The van der Waals surface area contributed by atoms with Gasteiger partial charge in [-0.3, -0.25) is 4.79 Å². The minimum Gasteiger partial charge on any atom is -0.478 e. The summed E-state index contributed by atoms with van der Waals surface area (Å²) in [4.78, 5) is 30.9. The summed E-state index contributed by atoms with van der Waals surface area (Å²) in [5.41, 5.74) is 3.11. The Hall–Kier alpha value is -3.15. The lowest BCUT2D eigenvalue weighted by atomic mass is 10.1. The summed E-state index contributed by atoms with van der Waals surface area (Å²) in [6.07, 6.45) is 2.12. The largest absolute Gasteiger partial charge is 0.478 e. The summed E-state index contributed by atoms with van der Waals surface area (Å²) in [6.45, 7) is 5.00. The normalized spacial score (nSPS) is 16.7. The lowest BCUT2D eigenvalue weighted by molar-refractivity contribution is -0.131. The number of aromatic carboxylic acids is 1. The van der Waals surface area contributed by atoms with E-state index in [9.17, 15) is 9.59 Å². The Morgan fingerprint density at radius 2 is 1.86 bits per heavy atom. The van der Waals surface area contributed by atoms with Crippen LogP contribution in [0.25, 0.3) is 11.0 Å².